The first-order chi connectivity index (χ1) is 16.3. The molecule has 1 aromatic heterocycles. The topological polar surface area (TPSA) is 120 Å². The SMILES string of the molecule is Cn1nc2c(c(-c3ccc(CC(NC(=O)c4c(Cl)cccc4Cl)C(=O)O)cc3)c1=O)OCCO2. The lowest BCUT2D eigenvalue weighted by Gasteiger charge is -2.20. The maximum absolute atomic E-state index is 12.7. The monoisotopic (exact) mass is 503 g/mol. The van der Waals surface area contributed by atoms with E-state index in [0.717, 1.165) is 0 Å². The lowest BCUT2D eigenvalue weighted by atomic mass is 10.0. The maximum atomic E-state index is 12.7. The van der Waals surface area contributed by atoms with E-state index in [4.69, 9.17) is 32.7 Å². The highest BCUT2D eigenvalue weighted by Gasteiger charge is 2.25. The summed E-state index contributed by atoms with van der Waals surface area (Å²) in [4.78, 5) is 37.2. The average molecular weight is 504 g/mol. The normalized spacial score (nSPS) is 13.3. The fraction of sp³-hybridized carbons (Fsp3) is 0.217. The number of hydrogen-bond acceptors (Lipinski definition) is 6. The average Bonchev–Trinajstić information content (AvgIpc) is 2.80. The number of carboxylic acids is 1. The number of benzene rings is 2. The molecule has 2 heterocycles. The van der Waals surface area contributed by atoms with Gasteiger partial charge in [-0.1, -0.05) is 53.5 Å². The summed E-state index contributed by atoms with van der Waals surface area (Å²) in [6, 6.07) is 10.0. The summed E-state index contributed by atoms with van der Waals surface area (Å²) < 4.78 is 12.3. The van der Waals surface area contributed by atoms with Crippen molar-refractivity contribution in [2.45, 2.75) is 12.5 Å². The third-order valence-corrected chi connectivity index (χ3v) is 5.84. The van der Waals surface area contributed by atoms with Crippen LogP contribution in [0.1, 0.15) is 15.9 Å². The van der Waals surface area contributed by atoms with Gasteiger partial charge in [-0.3, -0.25) is 9.59 Å². The minimum Gasteiger partial charge on any atom is -0.484 e. The standard InChI is InChI=1S/C23H19Cl2N3O6/c1-28-22(30)17(19-21(27-28)34-10-9-33-19)13-7-5-12(6-8-13)11-16(23(31)32)26-20(29)18-14(24)3-2-4-15(18)25/h2-8,16H,9-11H2,1H3,(H,26,29)(H,31,32). The molecule has 0 aliphatic carbocycles. The second-order valence-corrected chi connectivity index (χ2v) is 8.31. The smallest absolute Gasteiger partial charge is 0.326 e. The predicted molar refractivity (Wildman–Crippen MR) is 125 cm³/mol. The number of halogens is 2. The number of aromatic nitrogens is 2. The Bertz CT molecular complexity index is 1300. The number of aliphatic carboxylic acids is 1. The molecule has 1 unspecified atom stereocenters. The molecule has 2 N–H and O–H groups in total. The molecule has 0 saturated heterocycles. The van der Waals surface area contributed by atoms with E-state index in [2.05, 4.69) is 10.4 Å². The van der Waals surface area contributed by atoms with Crippen LogP contribution >= 0.6 is 23.2 Å². The molecule has 4 rings (SSSR count). The van der Waals surface area contributed by atoms with E-state index >= 15 is 0 Å². The molecule has 0 saturated carbocycles. The molecular weight excluding hydrogens is 485 g/mol. The summed E-state index contributed by atoms with van der Waals surface area (Å²) in [5, 5.41) is 16.4. The number of amides is 1. The van der Waals surface area contributed by atoms with E-state index in [1.807, 2.05) is 0 Å². The first-order valence-corrected chi connectivity index (χ1v) is 11.0. The van der Waals surface area contributed by atoms with E-state index in [9.17, 15) is 19.5 Å². The van der Waals surface area contributed by atoms with Crippen LogP contribution in [0.2, 0.25) is 10.0 Å². The molecule has 176 valence electrons. The number of aryl methyl sites for hydroxylation is 1. The van der Waals surface area contributed by atoms with Gasteiger partial charge in [0.1, 0.15) is 19.3 Å². The number of ether oxygens (including phenoxy) is 2. The molecular formula is C23H19Cl2N3O6. The quantitative estimate of drug-likeness (QED) is 0.530. The van der Waals surface area contributed by atoms with Crippen LogP contribution in [0, 0.1) is 0 Å². The van der Waals surface area contributed by atoms with Gasteiger partial charge < -0.3 is 19.9 Å². The molecule has 0 radical (unpaired) electrons. The summed E-state index contributed by atoms with van der Waals surface area (Å²) in [7, 11) is 1.52. The molecule has 1 aliphatic heterocycles. The Hall–Kier alpha value is -3.56. The Kier molecular flexibility index (Phi) is 6.76. The zero-order valence-corrected chi connectivity index (χ0v) is 19.4. The van der Waals surface area contributed by atoms with Crippen molar-refractivity contribution >= 4 is 35.1 Å². The molecule has 1 amide bonds. The van der Waals surface area contributed by atoms with Crippen LogP contribution in [0.3, 0.4) is 0 Å². The highest BCUT2D eigenvalue weighted by Crippen LogP contribution is 2.35. The van der Waals surface area contributed by atoms with E-state index in [-0.39, 0.29) is 39.2 Å². The highest BCUT2D eigenvalue weighted by atomic mass is 35.5. The largest absolute Gasteiger partial charge is 0.484 e. The molecule has 2 aromatic carbocycles. The van der Waals surface area contributed by atoms with Crippen LogP contribution in [0.4, 0.5) is 0 Å². The Morgan fingerprint density at radius 3 is 2.41 bits per heavy atom. The van der Waals surface area contributed by atoms with E-state index in [0.29, 0.717) is 29.9 Å². The molecule has 0 spiro atoms. The predicted octanol–water partition coefficient (Wildman–Crippen LogP) is 2.95. The highest BCUT2D eigenvalue weighted by molar-refractivity contribution is 6.39. The van der Waals surface area contributed by atoms with Crippen LogP contribution < -0.4 is 20.3 Å². The molecule has 1 atom stereocenters. The van der Waals surface area contributed by atoms with Gasteiger partial charge in [0.2, 0.25) is 0 Å². The summed E-state index contributed by atoms with van der Waals surface area (Å²) in [5.74, 6) is -1.40. The minimum atomic E-state index is -1.23. The van der Waals surface area contributed by atoms with Crippen molar-refractivity contribution in [2.75, 3.05) is 13.2 Å². The van der Waals surface area contributed by atoms with Gasteiger partial charge >= 0.3 is 5.97 Å². The fourth-order valence-corrected chi connectivity index (χ4v) is 4.12. The van der Waals surface area contributed by atoms with Gasteiger partial charge in [0.15, 0.2) is 5.75 Å². The third-order valence-electron chi connectivity index (χ3n) is 5.21. The molecule has 0 bridgehead atoms. The van der Waals surface area contributed by atoms with Gasteiger partial charge in [0.25, 0.3) is 17.3 Å². The third kappa shape index (κ3) is 4.71. The van der Waals surface area contributed by atoms with Crippen LogP contribution in [-0.4, -0.2) is 46.0 Å². The number of carboxylic acid groups (broad SMARTS) is 1. The lowest BCUT2D eigenvalue weighted by molar-refractivity contribution is -0.139. The van der Waals surface area contributed by atoms with Crippen LogP contribution in [0.25, 0.3) is 11.1 Å². The summed E-state index contributed by atoms with van der Waals surface area (Å²) in [5.41, 5.74) is 1.14. The zero-order chi connectivity index (χ0) is 24.4. The molecule has 3 aromatic rings. The zero-order valence-electron chi connectivity index (χ0n) is 17.9. The van der Waals surface area contributed by atoms with E-state index < -0.39 is 17.9 Å². The molecule has 1 aliphatic rings. The van der Waals surface area contributed by atoms with Crippen molar-refractivity contribution in [3.63, 3.8) is 0 Å². The minimum absolute atomic E-state index is 0.00447. The van der Waals surface area contributed by atoms with Gasteiger partial charge in [-0.05, 0) is 23.3 Å². The van der Waals surface area contributed by atoms with E-state index in [1.54, 1.807) is 30.3 Å². The van der Waals surface area contributed by atoms with Gasteiger partial charge in [-0.25, -0.2) is 9.48 Å². The Labute approximate surface area is 203 Å². The summed E-state index contributed by atoms with van der Waals surface area (Å²) >= 11 is 12.1. The Morgan fingerprint density at radius 2 is 1.76 bits per heavy atom. The van der Waals surface area contributed by atoms with E-state index in [1.165, 1.54) is 23.9 Å². The number of nitrogens with zero attached hydrogens (tertiary/aromatic N) is 2. The van der Waals surface area contributed by atoms with Crippen molar-refractivity contribution in [3.05, 3.63) is 74.0 Å². The number of rotatable bonds is 6. The molecule has 9 nitrogen and oxygen atoms in total. The molecule has 34 heavy (non-hydrogen) atoms. The van der Waals surface area contributed by atoms with Crippen LogP contribution in [-0.2, 0) is 18.3 Å². The summed E-state index contributed by atoms with van der Waals surface area (Å²) in [6.45, 7) is 0.626. The van der Waals surface area contributed by atoms with Crippen molar-refractivity contribution < 1.29 is 24.2 Å². The van der Waals surface area contributed by atoms with Gasteiger partial charge in [0, 0.05) is 13.5 Å². The van der Waals surface area contributed by atoms with Gasteiger partial charge in [-0.2, -0.15) is 0 Å². The van der Waals surface area contributed by atoms with Crippen LogP contribution in [0.15, 0.2) is 47.3 Å². The van der Waals surface area contributed by atoms with Crippen molar-refractivity contribution in [1.82, 2.24) is 15.1 Å². The first kappa shape index (κ1) is 23.6. The number of fused-ring (bicyclic) bond motifs is 1. The van der Waals surface area contributed by atoms with Crippen molar-refractivity contribution in [3.8, 4) is 22.8 Å². The second kappa shape index (κ2) is 9.74. The Morgan fingerprint density at radius 1 is 1.12 bits per heavy atom. The second-order valence-electron chi connectivity index (χ2n) is 7.50. The van der Waals surface area contributed by atoms with Crippen molar-refractivity contribution in [1.29, 1.82) is 0 Å². The van der Waals surface area contributed by atoms with Gasteiger partial charge in [-0.15, -0.1) is 5.10 Å². The number of hydrogen-bond donors (Lipinski definition) is 2. The van der Waals surface area contributed by atoms with Crippen LogP contribution in [0.5, 0.6) is 11.6 Å². The summed E-state index contributed by atoms with van der Waals surface area (Å²) in [6.07, 6.45) is -0.00447. The number of nitrogens with one attached hydrogen (secondary N) is 1. The van der Waals surface area contributed by atoms with Crippen molar-refractivity contribution in [2.24, 2.45) is 7.05 Å². The Balaban J connectivity index is 1.57. The number of carbonyl (C=O) groups excluding carboxylic acids is 1. The molecule has 0 fully saturated rings. The molecule has 11 heteroatoms. The first-order valence-electron chi connectivity index (χ1n) is 10.2. The lowest BCUT2D eigenvalue weighted by Crippen LogP contribution is -2.42. The number of carbonyl (C=O) groups is 2. The van der Waals surface area contributed by atoms with Gasteiger partial charge in [0.05, 0.1) is 21.2 Å². The fourth-order valence-electron chi connectivity index (χ4n) is 3.55. The maximum Gasteiger partial charge on any atom is 0.326 e.